The van der Waals surface area contributed by atoms with E-state index in [0.29, 0.717) is 24.8 Å². The fraction of sp³-hybridized carbons (Fsp3) is 0.611. The topological polar surface area (TPSA) is 46.3 Å². The van der Waals surface area contributed by atoms with Crippen LogP contribution in [0.2, 0.25) is 0 Å². The van der Waals surface area contributed by atoms with Crippen LogP contribution in [0.3, 0.4) is 0 Å². The van der Waals surface area contributed by atoms with Crippen molar-refractivity contribution in [2.45, 2.75) is 51.5 Å². The largest absolute Gasteiger partial charge is 0.328 e. The van der Waals surface area contributed by atoms with E-state index in [1.807, 2.05) is 0 Å². The predicted molar refractivity (Wildman–Crippen MR) is 87.5 cm³/mol. The molecule has 1 aliphatic rings. The highest BCUT2D eigenvalue weighted by Gasteiger charge is 2.18. The van der Waals surface area contributed by atoms with Crippen molar-refractivity contribution in [2.24, 2.45) is 5.73 Å². The van der Waals surface area contributed by atoms with E-state index in [4.69, 9.17) is 5.73 Å². The zero-order valence-corrected chi connectivity index (χ0v) is 13.6. The maximum Gasteiger partial charge on any atom is 0.151 e. The Bertz CT molecular complexity index is 465. The van der Waals surface area contributed by atoms with Crippen LogP contribution in [0.25, 0.3) is 0 Å². The summed E-state index contributed by atoms with van der Waals surface area (Å²) in [7, 11) is 0. The highest BCUT2D eigenvalue weighted by atomic mass is 16.1. The van der Waals surface area contributed by atoms with Gasteiger partial charge in [0.1, 0.15) is 0 Å². The van der Waals surface area contributed by atoms with E-state index in [0.717, 1.165) is 31.5 Å². The fourth-order valence-electron chi connectivity index (χ4n) is 2.77. The number of benzene rings is 1. The lowest BCUT2D eigenvalue weighted by molar-refractivity contribution is -0.119. The molecule has 1 saturated heterocycles. The molecule has 0 bridgehead atoms. The molecule has 0 amide bonds. The highest BCUT2D eigenvalue weighted by Crippen LogP contribution is 2.22. The van der Waals surface area contributed by atoms with Crippen molar-refractivity contribution in [3.8, 4) is 0 Å². The van der Waals surface area contributed by atoms with Crippen LogP contribution < -0.4 is 5.73 Å². The number of Topliss-reactive ketones (excluding diaryl/α,β-unsaturated/α-hetero) is 1. The summed E-state index contributed by atoms with van der Waals surface area (Å²) in [6.07, 6.45) is 2.55. The van der Waals surface area contributed by atoms with E-state index >= 15 is 0 Å². The van der Waals surface area contributed by atoms with Crippen LogP contribution >= 0.6 is 0 Å². The number of likely N-dealkylation sites (tertiary alicyclic amines) is 1. The fourth-order valence-corrected chi connectivity index (χ4v) is 2.77. The molecule has 0 aliphatic carbocycles. The van der Waals surface area contributed by atoms with E-state index in [1.165, 1.54) is 5.56 Å². The van der Waals surface area contributed by atoms with Crippen molar-refractivity contribution in [3.63, 3.8) is 0 Å². The summed E-state index contributed by atoms with van der Waals surface area (Å²) in [6.45, 7) is 9.08. The van der Waals surface area contributed by atoms with E-state index in [-0.39, 0.29) is 5.41 Å². The number of hydrogen-bond donors (Lipinski definition) is 1. The van der Waals surface area contributed by atoms with Crippen LogP contribution in [0.5, 0.6) is 0 Å². The van der Waals surface area contributed by atoms with Crippen LogP contribution in [-0.2, 0) is 16.6 Å². The summed E-state index contributed by atoms with van der Waals surface area (Å²) >= 11 is 0. The molecule has 1 fully saturated rings. The number of ketones is 1. The first-order chi connectivity index (χ1) is 9.84. The van der Waals surface area contributed by atoms with Gasteiger partial charge in [-0.25, -0.2) is 0 Å². The van der Waals surface area contributed by atoms with Crippen LogP contribution in [0.15, 0.2) is 24.3 Å². The minimum atomic E-state index is 0.162. The maximum absolute atomic E-state index is 12.2. The molecule has 1 aliphatic heterocycles. The molecule has 1 aromatic carbocycles. The molecule has 0 aromatic heterocycles. The summed E-state index contributed by atoms with van der Waals surface area (Å²) in [6, 6.07) is 8.78. The summed E-state index contributed by atoms with van der Waals surface area (Å²) in [5.41, 5.74) is 8.47. The average molecular weight is 288 g/mol. The Morgan fingerprint density at radius 3 is 2.29 bits per heavy atom. The molecular formula is C18H28N2O. The van der Waals surface area contributed by atoms with Gasteiger partial charge in [0.2, 0.25) is 0 Å². The third-order valence-corrected chi connectivity index (χ3v) is 4.25. The van der Waals surface area contributed by atoms with Gasteiger partial charge in [0.05, 0.1) is 6.54 Å². The number of carbonyl (C=O) groups is 1. The zero-order valence-electron chi connectivity index (χ0n) is 13.6. The molecule has 21 heavy (non-hydrogen) atoms. The normalized spacial score (nSPS) is 17.9. The molecule has 2 rings (SSSR count). The molecule has 2 N–H and O–H groups in total. The van der Waals surface area contributed by atoms with Crippen molar-refractivity contribution in [3.05, 3.63) is 35.4 Å². The van der Waals surface area contributed by atoms with Crippen LogP contribution in [0, 0.1) is 0 Å². The Labute approximate surface area is 128 Å². The second kappa shape index (κ2) is 6.71. The van der Waals surface area contributed by atoms with Gasteiger partial charge in [-0.3, -0.25) is 9.69 Å². The minimum absolute atomic E-state index is 0.162. The van der Waals surface area contributed by atoms with Crippen molar-refractivity contribution < 1.29 is 4.79 Å². The summed E-state index contributed by atoms with van der Waals surface area (Å²) < 4.78 is 0. The van der Waals surface area contributed by atoms with Gasteiger partial charge < -0.3 is 5.73 Å². The smallest absolute Gasteiger partial charge is 0.151 e. The molecule has 3 nitrogen and oxygen atoms in total. The number of hydrogen-bond acceptors (Lipinski definition) is 3. The number of nitrogens with zero attached hydrogens (tertiary/aromatic N) is 1. The van der Waals surface area contributed by atoms with Crippen molar-refractivity contribution >= 4 is 5.78 Å². The van der Waals surface area contributed by atoms with Crippen molar-refractivity contribution in [2.75, 3.05) is 19.6 Å². The van der Waals surface area contributed by atoms with E-state index in [1.54, 1.807) is 0 Å². The highest BCUT2D eigenvalue weighted by molar-refractivity contribution is 5.82. The van der Waals surface area contributed by atoms with Gasteiger partial charge in [0, 0.05) is 25.6 Å². The van der Waals surface area contributed by atoms with Crippen LogP contribution in [0.4, 0.5) is 0 Å². The Hall–Kier alpha value is -1.19. The van der Waals surface area contributed by atoms with E-state index < -0.39 is 0 Å². The lowest BCUT2D eigenvalue weighted by Crippen LogP contribution is -2.42. The first-order valence-electron chi connectivity index (χ1n) is 7.93. The predicted octanol–water partition coefficient (Wildman–Crippen LogP) is 2.52. The van der Waals surface area contributed by atoms with Crippen molar-refractivity contribution in [1.29, 1.82) is 0 Å². The van der Waals surface area contributed by atoms with Gasteiger partial charge in [-0.05, 0) is 29.4 Å². The molecule has 0 radical (unpaired) electrons. The lowest BCUT2D eigenvalue weighted by atomic mass is 9.86. The average Bonchev–Trinajstić information content (AvgIpc) is 2.41. The number of nitrogens with two attached hydrogens (primary N) is 1. The monoisotopic (exact) mass is 288 g/mol. The van der Waals surface area contributed by atoms with Gasteiger partial charge in [-0.15, -0.1) is 0 Å². The third-order valence-electron chi connectivity index (χ3n) is 4.25. The Morgan fingerprint density at radius 1 is 1.19 bits per heavy atom. The van der Waals surface area contributed by atoms with Gasteiger partial charge in [-0.1, -0.05) is 45.0 Å². The van der Waals surface area contributed by atoms with Gasteiger partial charge >= 0.3 is 0 Å². The van der Waals surface area contributed by atoms with Crippen molar-refractivity contribution in [1.82, 2.24) is 4.90 Å². The molecule has 1 heterocycles. The molecular weight excluding hydrogens is 260 g/mol. The number of carbonyl (C=O) groups excluding carboxylic acids is 1. The first-order valence-corrected chi connectivity index (χ1v) is 7.93. The third kappa shape index (κ3) is 4.94. The molecule has 0 spiro atoms. The van der Waals surface area contributed by atoms with Gasteiger partial charge in [0.15, 0.2) is 5.78 Å². The SMILES string of the molecule is CC(C)(C)c1ccc(CC(=O)CN2CCC(N)CC2)cc1. The number of rotatable bonds is 4. The summed E-state index contributed by atoms with van der Waals surface area (Å²) in [4.78, 5) is 14.4. The molecule has 116 valence electrons. The molecule has 0 saturated carbocycles. The standard InChI is InChI=1S/C18H28N2O/c1-18(2,3)15-6-4-14(5-7-15)12-17(21)13-20-10-8-16(19)9-11-20/h4-7,16H,8-13,19H2,1-3H3. The Kier molecular flexibility index (Phi) is 5.17. The van der Waals surface area contributed by atoms with Gasteiger partial charge in [-0.2, -0.15) is 0 Å². The molecule has 3 heteroatoms. The van der Waals surface area contributed by atoms with Crippen LogP contribution in [-0.4, -0.2) is 36.4 Å². The van der Waals surface area contributed by atoms with E-state index in [2.05, 4.69) is 49.9 Å². The minimum Gasteiger partial charge on any atom is -0.328 e. The van der Waals surface area contributed by atoms with Gasteiger partial charge in [0.25, 0.3) is 0 Å². The second-order valence-corrected chi connectivity index (χ2v) is 7.28. The quantitative estimate of drug-likeness (QED) is 0.926. The molecule has 0 unspecified atom stereocenters. The number of piperidine rings is 1. The molecule has 1 aromatic rings. The van der Waals surface area contributed by atoms with E-state index in [9.17, 15) is 4.79 Å². The maximum atomic E-state index is 12.2. The molecule has 0 atom stereocenters. The Balaban J connectivity index is 1.85. The second-order valence-electron chi connectivity index (χ2n) is 7.28. The zero-order chi connectivity index (χ0) is 15.5. The van der Waals surface area contributed by atoms with Crippen LogP contribution in [0.1, 0.15) is 44.7 Å². The summed E-state index contributed by atoms with van der Waals surface area (Å²) in [5.74, 6) is 0.300. The Morgan fingerprint density at radius 2 is 1.76 bits per heavy atom. The first kappa shape index (κ1) is 16.2. The summed E-state index contributed by atoms with van der Waals surface area (Å²) in [5, 5.41) is 0. The lowest BCUT2D eigenvalue weighted by Gasteiger charge is -2.29.